The molecule has 0 radical (unpaired) electrons. The molecule has 23 heavy (non-hydrogen) atoms. The van der Waals surface area contributed by atoms with Crippen molar-refractivity contribution in [1.29, 1.82) is 0 Å². The molecule has 2 heterocycles. The van der Waals surface area contributed by atoms with Crippen LogP contribution in [-0.2, 0) is 0 Å². The van der Waals surface area contributed by atoms with Gasteiger partial charge in [0.2, 0.25) is 0 Å². The number of carbonyl (C=O) groups is 1. The average molecular weight is 328 g/mol. The van der Waals surface area contributed by atoms with E-state index in [1.54, 1.807) is 6.07 Å². The molecule has 118 valence electrons. The first kappa shape index (κ1) is 15.5. The van der Waals surface area contributed by atoms with Crippen LogP contribution in [0.1, 0.15) is 28.6 Å². The predicted octanol–water partition coefficient (Wildman–Crippen LogP) is 3.26. The molecular formula is C17H16N2O3S. The van der Waals surface area contributed by atoms with E-state index < -0.39 is 6.10 Å². The second kappa shape index (κ2) is 7.21. The van der Waals surface area contributed by atoms with Crippen LogP contribution in [0, 0.1) is 0 Å². The van der Waals surface area contributed by atoms with Crippen molar-refractivity contribution in [2.75, 3.05) is 6.54 Å². The molecule has 6 heteroatoms. The number of benzene rings is 1. The van der Waals surface area contributed by atoms with Crippen LogP contribution in [0.5, 0.6) is 0 Å². The Balaban J connectivity index is 1.54. The van der Waals surface area contributed by atoms with E-state index in [0.29, 0.717) is 18.7 Å². The number of amides is 1. The number of hydrogen-bond donors (Lipinski definition) is 2. The molecule has 0 spiro atoms. The number of rotatable bonds is 6. The third kappa shape index (κ3) is 3.85. The fraction of sp³-hybridized carbons (Fsp3) is 0.176. The van der Waals surface area contributed by atoms with E-state index in [4.69, 9.17) is 4.52 Å². The third-order valence-electron chi connectivity index (χ3n) is 3.43. The van der Waals surface area contributed by atoms with Gasteiger partial charge in [0.05, 0.1) is 6.10 Å². The Morgan fingerprint density at radius 1 is 1.30 bits per heavy atom. The predicted molar refractivity (Wildman–Crippen MR) is 88.2 cm³/mol. The minimum absolute atomic E-state index is 0.230. The quantitative estimate of drug-likeness (QED) is 0.728. The maximum Gasteiger partial charge on any atom is 0.273 e. The molecule has 0 saturated carbocycles. The van der Waals surface area contributed by atoms with Gasteiger partial charge in [0.15, 0.2) is 11.5 Å². The van der Waals surface area contributed by atoms with Gasteiger partial charge in [-0.2, -0.15) is 11.3 Å². The molecule has 3 aromatic rings. The minimum atomic E-state index is -0.571. The summed E-state index contributed by atoms with van der Waals surface area (Å²) in [5, 5.41) is 20.3. The summed E-state index contributed by atoms with van der Waals surface area (Å²) in [6.45, 7) is 0.364. The number of aliphatic hydroxyl groups is 1. The van der Waals surface area contributed by atoms with E-state index in [2.05, 4.69) is 10.5 Å². The van der Waals surface area contributed by atoms with E-state index >= 15 is 0 Å². The lowest BCUT2D eigenvalue weighted by atomic mass is 10.1. The van der Waals surface area contributed by atoms with Crippen molar-refractivity contribution in [1.82, 2.24) is 10.5 Å². The van der Waals surface area contributed by atoms with Crippen molar-refractivity contribution < 1.29 is 14.4 Å². The molecule has 0 unspecified atom stereocenters. The summed E-state index contributed by atoms with van der Waals surface area (Å²) in [5.41, 5.74) is 1.97. The van der Waals surface area contributed by atoms with Crippen molar-refractivity contribution in [3.8, 4) is 11.3 Å². The summed E-state index contributed by atoms with van der Waals surface area (Å²) >= 11 is 1.54. The summed E-state index contributed by atoms with van der Waals surface area (Å²) in [6, 6.07) is 13.0. The highest BCUT2D eigenvalue weighted by atomic mass is 32.1. The standard InChI is InChI=1S/C17H16N2O3S/c20-15(13-7-9-23-11-13)6-8-18-17(21)14-10-16(22-19-14)12-4-2-1-3-5-12/h1-5,7,9-11,15,20H,6,8H2,(H,18,21)/t15-/m0/s1. The van der Waals surface area contributed by atoms with E-state index in [1.165, 1.54) is 11.3 Å². The summed E-state index contributed by atoms with van der Waals surface area (Å²) < 4.78 is 5.20. The molecule has 0 saturated heterocycles. The molecule has 1 atom stereocenters. The van der Waals surface area contributed by atoms with Gasteiger partial charge in [0, 0.05) is 18.2 Å². The number of hydrogen-bond acceptors (Lipinski definition) is 5. The lowest BCUT2D eigenvalue weighted by Gasteiger charge is -2.08. The molecule has 0 aliphatic carbocycles. The van der Waals surface area contributed by atoms with Crippen LogP contribution < -0.4 is 5.32 Å². The molecule has 5 nitrogen and oxygen atoms in total. The molecule has 0 aliphatic heterocycles. The van der Waals surface area contributed by atoms with Crippen LogP contribution in [0.15, 0.2) is 57.7 Å². The lowest BCUT2D eigenvalue weighted by molar-refractivity contribution is 0.0934. The summed E-state index contributed by atoms with van der Waals surface area (Å²) in [7, 11) is 0. The minimum Gasteiger partial charge on any atom is -0.388 e. The highest BCUT2D eigenvalue weighted by molar-refractivity contribution is 7.07. The Hall–Kier alpha value is -2.44. The van der Waals surface area contributed by atoms with E-state index in [1.807, 2.05) is 47.2 Å². The van der Waals surface area contributed by atoms with Crippen LogP contribution in [0.4, 0.5) is 0 Å². The molecule has 0 fully saturated rings. The van der Waals surface area contributed by atoms with E-state index in [0.717, 1.165) is 11.1 Å². The fourth-order valence-corrected chi connectivity index (χ4v) is 2.87. The van der Waals surface area contributed by atoms with Crippen molar-refractivity contribution in [3.05, 3.63) is 64.5 Å². The summed E-state index contributed by atoms with van der Waals surface area (Å²) in [5.74, 6) is 0.238. The normalized spacial score (nSPS) is 12.0. The van der Waals surface area contributed by atoms with Crippen molar-refractivity contribution in [3.63, 3.8) is 0 Å². The van der Waals surface area contributed by atoms with Gasteiger partial charge in [0.25, 0.3) is 5.91 Å². The van der Waals surface area contributed by atoms with Gasteiger partial charge in [-0.1, -0.05) is 35.5 Å². The zero-order valence-corrected chi connectivity index (χ0v) is 13.1. The van der Waals surface area contributed by atoms with Gasteiger partial charge in [0.1, 0.15) is 0 Å². The second-order valence-corrected chi connectivity index (χ2v) is 5.84. The maximum absolute atomic E-state index is 12.0. The van der Waals surface area contributed by atoms with Crippen LogP contribution in [0.2, 0.25) is 0 Å². The molecule has 3 rings (SSSR count). The van der Waals surface area contributed by atoms with Crippen molar-refractivity contribution >= 4 is 17.2 Å². The van der Waals surface area contributed by atoms with Gasteiger partial charge in [-0.3, -0.25) is 4.79 Å². The Morgan fingerprint density at radius 3 is 2.87 bits per heavy atom. The van der Waals surface area contributed by atoms with E-state index in [9.17, 15) is 9.90 Å². The molecule has 2 N–H and O–H groups in total. The number of carbonyl (C=O) groups excluding carboxylic acids is 1. The first-order chi connectivity index (χ1) is 11.2. The molecule has 0 aliphatic rings. The van der Waals surface area contributed by atoms with Crippen molar-refractivity contribution in [2.45, 2.75) is 12.5 Å². The number of aliphatic hydroxyl groups excluding tert-OH is 1. The number of thiophene rings is 1. The summed E-state index contributed by atoms with van der Waals surface area (Å²) in [4.78, 5) is 12.0. The maximum atomic E-state index is 12.0. The number of nitrogens with one attached hydrogen (secondary N) is 1. The highest BCUT2D eigenvalue weighted by Crippen LogP contribution is 2.20. The van der Waals surface area contributed by atoms with Crippen LogP contribution in [0.3, 0.4) is 0 Å². The smallest absolute Gasteiger partial charge is 0.273 e. The molecule has 1 amide bonds. The first-order valence-corrected chi connectivity index (χ1v) is 8.19. The molecular weight excluding hydrogens is 312 g/mol. The fourth-order valence-electron chi connectivity index (χ4n) is 2.16. The Morgan fingerprint density at radius 2 is 2.13 bits per heavy atom. The summed E-state index contributed by atoms with van der Waals surface area (Å²) in [6.07, 6.45) is -0.120. The first-order valence-electron chi connectivity index (χ1n) is 7.24. The Kier molecular flexibility index (Phi) is 4.85. The molecule has 0 bridgehead atoms. The Labute approximate surface area is 137 Å². The van der Waals surface area contributed by atoms with Gasteiger partial charge >= 0.3 is 0 Å². The molecule has 2 aromatic heterocycles. The second-order valence-electron chi connectivity index (χ2n) is 5.06. The van der Waals surface area contributed by atoms with Gasteiger partial charge in [-0.25, -0.2) is 0 Å². The van der Waals surface area contributed by atoms with Crippen LogP contribution in [0.25, 0.3) is 11.3 Å². The average Bonchev–Trinajstić information content (AvgIpc) is 3.27. The number of nitrogens with zero attached hydrogens (tertiary/aromatic N) is 1. The van der Waals surface area contributed by atoms with Crippen LogP contribution in [-0.4, -0.2) is 22.7 Å². The highest BCUT2D eigenvalue weighted by Gasteiger charge is 2.14. The van der Waals surface area contributed by atoms with Gasteiger partial charge in [-0.05, 0) is 28.8 Å². The van der Waals surface area contributed by atoms with E-state index in [-0.39, 0.29) is 11.6 Å². The van der Waals surface area contributed by atoms with Crippen molar-refractivity contribution in [2.24, 2.45) is 0 Å². The zero-order chi connectivity index (χ0) is 16.1. The lowest BCUT2D eigenvalue weighted by Crippen LogP contribution is -2.25. The Bertz CT molecular complexity index is 753. The topological polar surface area (TPSA) is 75.4 Å². The number of aromatic nitrogens is 1. The molecule has 1 aromatic carbocycles. The SMILES string of the molecule is O=C(NCC[C@H](O)c1ccsc1)c1cc(-c2ccccc2)on1. The zero-order valence-electron chi connectivity index (χ0n) is 12.3. The van der Waals surface area contributed by atoms with Gasteiger partial charge in [-0.15, -0.1) is 0 Å². The third-order valence-corrected chi connectivity index (χ3v) is 4.13. The largest absolute Gasteiger partial charge is 0.388 e. The van der Waals surface area contributed by atoms with Gasteiger partial charge < -0.3 is 14.9 Å². The monoisotopic (exact) mass is 328 g/mol. The van der Waals surface area contributed by atoms with Crippen LogP contribution >= 0.6 is 11.3 Å².